The predicted octanol–water partition coefficient (Wildman–Crippen LogP) is 2.28. The highest BCUT2D eigenvalue weighted by molar-refractivity contribution is 5.73. The maximum Gasteiger partial charge on any atom is 0.282 e. The van der Waals surface area contributed by atoms with Crippen LogP contribution in [0.25, 0.3) is 0 Å². The fraction of sp³-hybridized carbons (Fsp3) is 0.462. The summed E-state index contributed by atoms with van der Waals surface area (Å²) in [6.45, 7) is 2.84. The Morgan fingerprint density at radius 1 is 1.44 bits per heavy atom. The molecule has 2 N–H and O–H groups in total. The highest BCUT2D eigenvalue weighted by Gasteiger charge is 2.21. The number of amidine groups is 1. The molecule has 0 aromatic heterocycles. The van der Waals surface area contributed by atoms with Crippen LogP contribution in [0.4, 0.5) is 0 Å². The SMILES string of the molecule is CC[C@H](CC1COC(N)=N1)c1ccccc1. The van der Waals surface area contributed by atoms with E-state index in [9.17, 15) is 0 Å². The average molecular weight is 218 g/mol. The Bertz CT molecular complexity index is 361. The molecule has 3 nitrogen and oxygen atoms in total. The number of hydrogen-bond donors (Lipinski definition) is 1. The van der Waals surface area contributed by atoms with Crippen molar-refractivity contribution in [1.82, 2.24) is 0 Å². The molecule has 1 aromatic carbocycles. The first-order valence-corrected chi connectivity index (χ1v) is 5.80. The molecule has 2 atom stereocenters. The lowest BCUT2D eigenvalue weighted by molar-refractivity contribution is 0.301. The van der Waals surface area contributed by atoms with Crippen molar-refractivity contribution in [3.05, 3.63) is 35.9 Å². The number of benzene rings is 1. The summed E-state index contributed by atoms with van der Waals surface area (Å²) in [6, 6.07) is 11.1. The van der Waals surface area contributed by atoms with Crippen LogP contribution in [0.1, 0.15) is 31.2 Å². The molecule has 0 aliphatic carbocycles. The lowest BCUT2D eigenvalue weighted by Crippen LogP contribution is -2.12. The summed E-state index contributed by atoms with van der Waals surface area (Å²) in [5.74, 6) is 0.546. The predicted molar refractivity (Wildman–Crippen MR) is 65.5 cm³/mol. The molecule has 1 aliphatic heterocycles. The molecular weight excluding hydrogens is 200 g/mol. The van der Waals surface area contributed by atoms with Crippen molar-refractivity contribution in [3.8, 4) is 0 Å². The van der Waals surface area contributed by atoms with Gasteiger partial charge >= 0.3 is 0 Å². The monoisotopic (exact) mass is 218 g/mol. The summed E-state index contributed by atoms with van der Waals surface area (Å²) in [6.07, 6.45) is 2.14. The highest BCUT2D eigenvalue weighted by Crippen LogP contribution is 2.26. The van der Waals surface area contributed by atoms with Crippen LogP contribution in [0.3, 0.4) is 0 Å². The third-order valence-electron chi connectivity index (χ3n) is 3.05. The number of aliphatic imine (C=N–C) groups is 1. The molecule has 16 heavy (non-hydrogen) atoms. The quantitative estimate of drug-likeness (QED) is 0.842. The van der Waals surface area contributed by atoms with Gasteiger partial charge in [-0.05, 0) is 24.3 Å². The molecule has 86 valence electrons. The second kappa shape index (κ2) is 5.01. The van der Waals surface area contributed by atoms with Crippen LogP contribution in [0, 0.1) is 0 Å². The number of hydrogen-bond acceptors (Lipinski definition) is 3. The van der Waals surface area contributed by atoms with Crippen molar-refractivity contribution in [3.63, 3.8) is 0 Å². The van der Waals surface area contributed by atoms with Gasteiger partial charge in [0.05, 0.1) is 6.04 Å². The molecule has 0 fully saturated rings. The minimum absolute atomic E-state index is 0.227. The fourth-order valence-corrected chi connectivity index (χ4v) is 2.15. The smallest absolute Gasteiger partial charge is 0.282 e. The minimum Gasteiger partial charge on any atom is -0.463 e. The third kappa shape index (κ3) is 2.54. The van der Waals surface area contributed by atoms with Gasteiger partial charge in [0.15, 0.2) is 0 Å². The van der Waals surface area contributed by atoms with Gasteiger partial charge in [0.2, 0.25) is 0 Å². The second-order valence-corrected chi connectivity index (χ2v) is 4.18. The lowest BCUT2D eigenvalue weighted by atomic mass is 9.90. The van der Waals surface area contributed by atoms with Crippen molar-refractivity contribution in [2.45, 2.75) is 31.7 Å². The van der Waals surface area contributed by atoms with E-state index in [0.29, 0.717) is 18.5 Å². The summed E-state index contributed by atoms with van der Waals surface area (Å²) in [7, 11) is 0. The minimum atomic E-state index is 0.227. The zero-order valence-corrected chi connectivity index (χ0v) is 9.60. The molecule has 0 spiro atoms. The van der Waals surface area contributed by atoms with Gasteiger partial charge in [-0.1, -0.05) is 37.3 Å². The maximum atomic E-state index is 5.51. The molecule has 1 unspecified atom stereocenters. The summed E-state index contributed by atoms with van der Waals surface area (Å²) < 4.78 is 5.17. The molecule has 0 saturated heterocycles. The van der Waals surface area contributed by atoms with Gasteiger partial charge in [-0.25, -0.2) is 4.99 Å². The standard InChI is InChI=1S/C13H18N2O/c1-2-10(11-6-4-3-5-7-11)8-12-9-16-13(14)15-12/h3-7,10,12H,2,8-9H2,1H3,(H2,14,15)/t10-,12?/m1/s1. The zero-order chi connectivity index (χ0) is 11.4. The summed E-state index contributed by atoms with van der Waals surface area (Å²) in [5.41, 5.74) is 6.89. The van der Waals surface area contributed by atoms with E-state index in [1.807, 2.05) is 6.07 Å². The Labute approximate surface area is 96.3 Å². The largest absolute Gasteiger partial charge is 0.463 e. The highest BCUT2D eigenvalue weighted by atomic mass is 16.5. The Hall–Kier alpha value is -1.51. The van der Waals surface area contributed by atoms with E-state index in [0.717, 1.165) is 12.8 Å². The maximum absolute atomic E-state index is 5.51. The zero-order valence-electron chi connectivity index (χ0n) is 9.60. The van der Waals surface area contributed by atoms with Crippen molar-refractivity contribution in [2.75, 3.05) is 6.61 Å². The Morgan fingerprint density at radius 2 is 2.19 bits per heavy atom. The second-order valence-electron chi connectivity index (χ2n) is 4.18. The van der Waals surface area contributed by atoms with Crippen molar-refractivity contribution >= 4 is 6.02 Å². The van der Waals surface area contributed by atoms with Crippen LogP contribution in [-0.4, -0.2) is 18.7 Å². The van der Waals surface area contributed by atoms with Crippen LogP contribution in [0.2, 0.25) is 0 Å². The van der Waals surface area contributed by atoms with E-state index in [1.54, 1.807) is 0 Å². The van der Waals surface area contributed by atoms with Crippen LogP contribution < -0.4 is 5.73 Å². The summed E-state index contributed by atoms with van der Waals surface area (Å²) in [5, 5.41) is 0. The van der Waals surface area contributed by atoms with Crippen molar-refractivity contribution in [1.29, 1.82) is 0 Å². The third-order valence-corrected chi connectivity index (χ3v) is 3.05. The first-order valence-electron chi connectivity index (χ1n) is 5.80. The number of ether oxygens (including phenoxy) is 1. The van der Waals surface area contributed by atoms with Crippen molar-refractivity contribution < 1.29 is 4.74 Å². The molecule has 3 heteroatoms. The first kappa shape index (κ1) is 11.0. The summed E-state index contributed by atoms with van der Waals surface area (Å²) in [4.78, 5) is 4.27. The van der Waals surface area contributed by atoms with Crippen LogP contribution >= 0.6 is 0 Å². The molecule has 1 aliphatic rings. The van der Waals surface area contributed by atoms with Gasteiger partial charge in [0, 0.05) is 0 Å². The molecule has 0 bridgehead atoms. The normalized spacial score (nSPS) is 21.3. The summed E-state index contributed by atoms with van der Waals surface area (Å²) >= 11 is 0. The van der Waals surface area contributed by atoms with Crippen molar-refractivity contribution in [2.24, 2.45) is 10.7 Å². The van der Waals surface area contributed by atoms with Crippen LogP contribution in [0.5, 0.6) is 0 Å². The van der Waals surface area contributed by atoms with Gasteiger partial charge in [-0.3, -0.25) is 0 Å². The first-order chi connectivity index (χ1) is 7.79. The van der Waals surface area contributed by atoms with E-state index < -0.39 is 0 Å². The molecule has 0 radical (unpaired) electrons. The number of nitrogens with zero attached hydrogens (tertiary/aromatic N) is 1. The lowest BCUT2D eigenvalue weighted by Gasteiger charge is -2.17. The Morgan fingerprint density at radius 3 is 2.75 bits per heavy atom. The van der Waals surface area contributed by atoms with Gasteiger partial charge in [-0.15, -0.1) is 0 Å². The molecule has 2 rings (SSSR count). The van der Waals surface area contributed by atoms with Gasteiger partial charge in [0.1, 0.15) is 6.61 Å². The Balaban J connectivity index is 2.01. The van der Waals surface area contributed by atoms with E-state index in [1.165, 1.54) is 5.56 Å². The van der Waals surface area contributed by atoms with E-state index in [2.05, 4.69) is 36.2 Å². The molecule has 0 amide bonds. The van der Waals surface area contributed by atoms with E-state index in [-0.39, 0.29) is 6.04 Å². The number of nitrogens with two attached hydrogens (primary N) is 1. The van der Waals surface area contributed by atoms with Gasteiger partial charge < -0.3 is 10.5 Å². The average Bonchev–Trinajstić information content (AvgIpc) is 2.73. The van der Waals surface area contributed by atoms with E-state index >= 15 is 0 Å². The molecule has 1 heterocycles. The van der Waals surface area contributed by atoms with Crippen LogP contribution in [0.15, 0.2) is 35.3 Å². The molecule has 1 aromatic rings. The van der Waals surface area contributed by atoms with E-state index in [4.69, 9.17) is 10.5 Å². The van der Waals surface area contributed by atoms with Gasteiger partial charge in [-0.2, -0.15) is 0 Å². The Kier molecular flexibility index (Phi) is 3.44. The van der Waals surface area contributed by atoms with Gasteiger partial charge in [0.25, 0.3) is 6.02 Å². The number of rotatable bonds is 4. The molecular formula is C13H18N2O. The molecule has 0 saturated carbocycles. The topological polar surface area (TPSA) is 47.6 Å². The van der Waals surface area contributed by atoms with Crippen LogP contribution in [-0.2, 0) is 4.74 Å². The fourth-order valence-electron chi connectivity index (χ4n) is 2.15.